The van der Waals surface area contributed by atoms with Crippen LogP contribution in [0, 0.1) is 0 Å². The first-order valence-electron chi connectivity index (χ1n) is 4.06. The van der Waals surface area contributed by atoms with E-state index in [4.69, 9.17) is 32.3 Å². The van der Waals surface area contributed by atoms with Crippen molar-refractivity contribution in [3.05, 3.63) is 23.8 Å². The molecule has 5 N–H and O–H groups in total. The number of rotatable bonds is 2. The van der Waals surface area contributed by atoms with E-state index in [1.54, 1.807) is 0 Å². The highest BCUT2D eigenvalue weighted by molar-refractivity contribution is 7.85. The third-order valence-electron chi connectivity index (χ3n) is 1.50. The molecule has 0 saturated carbocycles. The zero-order valence-corrected chi connectivity index (χ0v) is 10.5. The first kappa shape index (κ1) is 17.3. The maximum absolute atomic E-state index is 10.6. The third kappa shape index (κ3) is 7.32. The summed E-state index contributed by atoms with van der Waals surface area (Å²) < 4.78 is 61.4. The number of aromatic carboxylic acids is 1. The Morgan fingerprint density at radius 3 is 1.74 bits per heavy atom. The number of carboxylic acid groups (broad SMARTS) is 1. The predicted molar refractivity (Wildman–Crippen MR) is 59.1 cm³/mol. The van der Waals surface area contributed by atoms with Gasteiger partial charge in [-0.3, -0.25) is 13.7 Å². The molecule has 0 aliphatic heterocycles. The van der Waals surface area contributed by atoms with Gasteiger partial charge in [-0.25, -0.2) is 4.79 Å². The SMILES string of the molecule is O=C(O)c1cc(S(=O)(=O)O)ccc1O.O=S(=O)(O)O. The fraction of sp³-hybridized carbons (Fsp3) is 0. The van der Waals surface area contributed by atoms with Crippen LogP contribution in [0.1, 0.15) is 10.4 Å². The van der Waals surface area contributed by atoms with Gasteiger partial charge in [0.1, 0.15) is 11.3 Å². The monoisotopic (exact) mass is 316 g/mol. The van der Waals surface area contributed by atoms with Gasteiger partial charge >= 0.3 is 16.4 Å². The lowest BCUT2D eigenvalue weighted by molar-refractivity contribution is 0.0693. The van der Waals surface area contributed by atoms with Crippen LogP contribution in [0.15, 0.2) is 23.1 Å². The molecule has 0 aromatic heterocycles. The summed E-state index contributed by atoms with van der Waals surface area (Å²) in [6.07, 6.45) is 0. The zero-order chi connectivity index (χ0) is 15.4. The van der Waals surface area contributed by atoms with E-state index in [9.17, 15) is 13.2 Å². The molecule has 0 aliphatic carbocycles. The van der Waals surface area contributed by atoms with Crippen LogP contribution in [0.3, 0.4) is 0 Å². The Balaban J connectivity index is 0.000000555. The van der Waals surface area contributed by atoms with Crippen LogP contribution in [0.5, 0.6) is 5.75 Å². The summed E-state index contributed by atoms with van der Waals surface area (Å²) in [4.78, 5) is 9.89. The highest BCUT2D eigenvalue weighted by atomic mass is 32.3. The van der Waals surface area contributed by atoms with Crippen LogP contribution >= 0.6 is 0 Å². The van der Waals surface area contributed by atoms with Gasteiger partial charge in [-0.15, -0.1) is 0 Å². The second-order valence-electron chi connectivity index (χ2n) is 2.91. The number of hydrogen-bond donors (Lipinski definition) is 5. The highest BCUT2D eigenvalue weighted by Gasteiger charge is 2.16. The molecule has 19 heavy (non-hydrogen) atoms. The summed E-state index contributed by atoms with van der Waals surface area (Å²) in [5, 5.41) is 17.5. The minimum atomic E-state index is -4.67. The second kappa shape index (κ2) is 5.94. The Hall–Kier alpha value is -1.73. The molecular weight excluding hydrogens is 308 g/mol. The Kier molecular flexibility index (Phi) is 5.40. The molecule has 0 heterocycles. The van der Waals surface area contributed by atoms with Crippen molar-refractivity contribution >= 4 is 26.5 Å². The molecule has 1 aromatic rings. The topological polar surface area (TPSA) is 186 Å². The Morgan fingerprint density at radius 2 is 1.42 bits per heavy atom. The zero-order valence-electron chi connectivity index (χ0n) is 8.83. The normalized spacial score (nSPS) is 11.3. The largest absolute Gasteiger partial charge is 0.507 e. The molecule has 1 rings (SSSR count). The number of benzene rings is 1. The molecule has 10 nitrogen and oxygen atoms in total. The quantitative estimate of drug-likeness (QED) is 0.452. The van der Waals surface area contributed by atoms with E-state index in [1.165, 1.54) is 0 Å². The molecule has 0 aliphatic rings. The summed E-state index contributed by atoms with van der Waals surface area (Å²) in [5.41, 5.74) is -0.583. The van der Waals surface area contributed by atoms with Gasteiger partial charge in [-0.2, -0.15) is 16.8 Å². The summed E-state index contributed by atoms with van der Waals surface area (Å²) in [7, 11) is -9.12. The fourth-order valence-corrected chi connectivity index (χ4v) is 1.35. The number of carbonyl (C=O) groups is 1. The van der Waals surface area contributed by atoms with Crippen LogP contribution in [0.4, 0.5) is 0 Å². The van der Waals surface area contributed by atoms with Crippen molar-refractivity contribution in [1.29, 1.82) is 0 Å². The molecule has 0 fully saturated rings. The van der Waals surface area contributed by atoms with Gasteiger partial charge in [0.2, 0.25) is 0 Å². The molecular formula is C7H8O10S2. The number of hydrogen-bond acceptors (Lipinski definition) is 6. The van der Waals surface area contributed by atoms with Gasteiger partial charge in [0.15, 0.2) is 0 Å². The average molecular weight is 316 g/mol. The van der Waals surface area contributed by atoms with Crippen molar-refractivity contribution in [2.75, 3.05) is 0 Å². The number of phenols is 1. The first-order valence-corrected chi connectivity index (χ1v) is 6.89. The lowest BCUT2D eigenvalue weighted by Crippen LogP contribution is -2.02. The Bertz CT molecular complexity index is 664. The van der Waals surface area contributed by atoms with E-state index in [0.29, 0.717) is 6.07 Å². The minimum Gasteiger partial charge on any atom is -0.507 e. The first-order chi connectivity index (χ1) is 8.32. The lowest BCUT2D eigenvalue weighted by atomic mass is 10.2. The van der Waals surface area contributed by atoms with Gasteiger partial charge in [-0.05, 0) is 18.2 Å². The van der Waals surface area contributed by atoms with Crippen LogP contribution in [0.25, 0.3) is 0 Å². The second-order valence-corrected chi connectivity index (χ2v) is 5.22. The van der Waals surface area contributed by atoms with Crippen molar-refractivity contribution in [2.45, 2.75) is 4.90 Å². The maximum Gasteiger partial charge on any atom is 0.394 e. The molecule has 0 saturated heterocycles. The van der Waals surface area contributed by atoms with Crippen molar-refractivity contribution in [3.8, 4) is 5.75 Å². The van der Waals surface area contributed by atoms with Gasteiger partial charge in [-0.1, -0.05) is 0 Å². The van der Waals surface area contributed by atoms with E-state index < -0.39 is 42.7 Å². The molecule has 0 spiro atoms. The average Bonchev–Trinajstić information content (AvgIpc) is 2.13. The molecule has 12 heteroatoms. The van der Waals surface area contributed by atoms with E-state index in [-0.39, 0.29) is 0 Å². The van der Waals surface area contributed by atoms with E-state index in [0.717, 1.165) is 12.1 Å². The van der Waals surface area contributed by atoms with E-state index >= 15 is 0 Å². The summed E-state index contributed by atoms with van der Waals surface area (Å²) in [6, 6.07) is 2.46. The standard InChI is InChI=1S/C7H6O6S.H2O4S/c8-6-2-1-4(14(11,12)13)3-5(6)7(9)10;1-5(2,3)4/h1-3,8H,(H,9,10)(H,11,12,13);(H2,1,2,3,4). The van der Waals surface area contributed by atoms with Gasteiger partial charge in [0.05, 0.1) is 4.90 Å². The lowest BCUT2D eigenvalue weighted by Gasteiger charge is -2.01. The Morgan fingerprint density at radius 1 is 1.00 bits per heavy atom. The number of aromatic hydroxyl groups is 1. The van der Waals surface area contributed by atoms with E-state index in [1.807, 2.05) is 0 Å². The van der Waals surface area contributed by atoms with Gasteiger partial charge in [0, 0.05) is 0 Å². The smallest absolute Gasteiger partial charge is 0.394 e. The summed E-state index contributed by atoms with van der Waals surface area (Å²) in [5.74, 6) is -2.04. The molecule has 0 amide bonds. The van der Waals surface area contributed by atoms with Crippen molar-refractivity contribution in [3.63, 3.8) is 0 Å². The van der Waals surface area contributed by atoms with E-state index in [2.05, 4.69) is 0 Å². The van der Waals surface area contributed by atoms with Gasteiger partial charge < -0.3 is 10.2 Å². The van der Waals surface area contributed by atoms with Crippen molar-refractivity contribution in [1.82, 2.24) is 0 Å². The summed E-state index contributed by atoms with van der Waals surface area (Å²) in [6.45, 7) is 0. The molecule has 0 bridgehead atoms. The third-order valence-corrected chi connectivity index (χ3v) is 2.35. The molecule has 1 aromatic carbocycles. The maximum atomic E-state index is 10.6. The molecule has 0 atom stereocenters. The molecule has 0 unspecified atom stereocenters. The van der Waals surface area contributed by atoms with Crippen LogP contribution in [0.2, 0.25) is 0 Å². The minimum absolute atomic E-state index is 0.565. The molecule has 108 valence electrons. The predicted octanol–water partition coefficient (Wildman–Crippen LogP) is -0.316. The summed E-state index contributed by atoms with van der Waals surface area (Å²) >= 11 is 0. The van der Waals surface area contributed by atoms with Gasteiger partial charge in [0.25, 0.3) is 10.1 Å². The highest BCUT2D eigenvalue weighted by Crippen LogP contribution is 2.20. The van der Waals surface area contributed by atoms with Crippen LogP contribution in [-0.2, 0) is 20.5 Å². The van der Waals surface area contributed by atoms with Crippen molar-refractivity contribution in [2.24, 2.45) is 0 Å². The fourth-order valence-electron chi connectivity index (χ4n) is 0.847. The van der Waals surface area contributed by atoms with Crippen LogP contribution in [-0.4, -0.2) is 46.7 Å². The Labute approximate surface area is 107 Å². The van der Waals surface area contributed by atoms with Crippen LogP contribution < -0.4 is 0 Å². The molecule has 0 radical (unpaired) electrons. The van der Waals surface area contributed by atoms with Crippen molar-refractivity contribution < 1.29 is 45.5 Å². The number of carboxylic acids is 1.